The summed E-state index contributed by atoms with van der Waals surface area (Å²) in [4.78, 5) is 13.9. The van der Waals surface area contributed by atoms with Crippen molar-refractivity contribution in [2.45, 2.75) is 20.0 Å². The van der Waals surface area contributed by atoms with Crippen LogP contribution >= 0.6 is 0 Å². The Balaban J connectivity index is 1.70. The average molecular weight is 333 g/mol. The highest BCUT2D eigenvalue weighted by atomic mass is 16.1. The molecular formula is C19H19N5O. The van der Waals surface area contributed by atoms with E-state index in [4.69, 9.17) is 0 Å². The number of aromatic nitrogens is 4. The van der Waals surface area contributed by atoms with Gasteiger partial charge in [-0.2, -0.15) is 4.80 Å². The van der Waals surface area contributed by atoms with Crippen LogP contribution in [0.1, 0.15) is 22.8 Å². The van der Waals surface area contributed by atoms with Crippen LogP contribution in [0.4, 0.5) is 0 Å². The van der Waals surface area contributed by atoms with E-state index >= 15 is 0 Å². The molecule has 0 bridgehead atoms. The van der Waals surface area contributed by atoms with Gasteiger partial charge >= 0.3 is 0 Å². The Kier molecular flexibility index (Phi) is 5.31. The lowest BCUT2D eigenvalue weighted by Crippen LogP contribution is -2.22. The lowest BCUT2D eigenvalue weighted by Gasteiger charge is -2.06. The van der Waals surface area contributed by atoms with E-state index in [1.54, 1.807) is 12.1 Å². The van der Waals surface area contributed by atoms with Crippen molar-refractivity contribution in [2.75, 3.05) is 0 Å². The minimum Gasteiger partial charge on any atom is -0.348 e. The number of nitrogens with one attached hydrogen (secondary N) is 1. The van der Waals surface area contributed by atoms with Gasteiger partial charge in [-0.1, -0.05) is 54.6 Å². The van der Waals surface area contributed by atoms with E-state index in [1.807, 2.05) is 61.5 Å². The Hall–Kier alpha value is -3.28. The molecule has 2 aromatic carbocycles. The number of carbonyl (C=O) groups is 1. The molecule has 0 aliphatic heterocycles. The smallest absolute Gasteiger partial charge is 0.251 e. The van der Waals surface area contributed by atoms with Gasteiger partial charge in [0.1, 0.15) is 0 Å². The van der Waals surface area contributed by atoms with Crippen LogP contribution in [0.5, 0.6) is 0 Å². The average Bonchev–Trinajstić information content (AvgIpc) is 3.14. The van der Waals surface area contributed by atoms with Gasteiger partial charge in [0.15, 0.2) is 0 Å². The molecule has 1 aromatic heterocycles. The normalized spacial score (nSPS) is 10.9. The number of nitrogens with zero attached hydrogens (tertiary/aromatic N) is 4. The summed E-state index contributed by atoms with van der Waals surface area (Å²) in [6.07, 6.45) is 3.87. The van der Waals surface area contributed by atoms with Crippen molar-refractivity contribution in [3.63, 3.8) is 0 Å². The third-order valence-corrected chi connectivity index (χ3v) is 3.64. The highest BCUT2D eigenvalue weighted by Gasteiger charge is 2.10. The molecule has 25 heavy (non-hydrogen) atoms. The zero-order valence-corrected chi connectivity index (χ0v) is 14.0. The van der Waals surface area contributed by atoms with Gasteiger partial charge in [0.25, 0.3) is 5.91 Å². The SMILES string of the molecule is C/C=C/Cn1nnc(-c2cccc(C(=O)NCc3ccccc3)c2)n1. The molecule has 6 heteroatoms. The number of amides is 1. The second-order valence-corrected chi connectivity index (χ2v) is 5.49. The van der Waals surface area contributed by atoms with Crippen molar-refractivity contribution in [1.29, 1.82) is 0 Å². The van der Waals surface area contributed by atoms with E-state index < -0.39 is 0 Å². The molecule has 0 fully saturated rings. The first kappa shape index (κ1) is 16.6. The molecule has 6 nitrogen and oxygen atoms in total. The van der Waals surface area contributed by atoms with E-state index in [2.05, 4.69) is 20.7 Å². The Labute approximate surface area is 146 Å². The molecule has 0 spiro atoms. The maximum atomic E-state index is 12.4. The predicted molar refractivity (Wildman–Crippen MR) is 95.7 cm³/mol. The van der Waals surface area contributed by atoms with Crippen LogP contribution in [0.15, 0.2) is 66.7 Å². The van der Waals surface area contributed by atoms with Gasteiger partial charge in [-0.05, 0) is 29.8 Å². The maximum absolute atomic E-state index is 12.4. The molecule has 1 N–H and O–H groups in total. The largest absolute Gasteiger partial charge is 0.348 e. The number of rotatable bonds is 6. The molecule has 0 unspecified atom stereocenters. The van der Waals surface area contributed by atoms with Crippen molar-refractivity contribution in [3.8, 4) is 11.4 Å². The van der Waals surface area contributed by atoms with Crippen LogP contribution in [-0.4, -0.2) is 26.1 Å². The fourth-order valence-corrected chi connectivity index (χ4v) is 2.32. The van der Waals surface area contributed by atoms with Crippen molar-refractivity contribution in [1.82, 2.24) is 25.5 Å². The number of carbonyl (C=O) groups excluding carboxylic acids is 1. The first-order chi connectivity index (χ1) is 12.3. The topological polar surface area (TPSA) is 72.7 Å². The molecule has 0 atom stereocenters. The molecule has 3 aromatic rings. The maximum Gasteiger partial charge on any atom is 0.251 e. The first-order valence-electron chi connectivity index (χ1n) is 8.08. The molecule has 0 saturated carbocycles. The fraction of sp³-hybridized carbons (Fsp3) is 0.158. The van der Waals surface area contributed by atoms with Crippen LogP contribution in [0.25, 0.3) is 11.4 Å². The highest BCUT2D eigenvalue weighted by Crippen LogP contribution is 2.15. The summed E-state index contributed by atoms with van der Waals surface area (Å²) in [5.41, 5.74) is 2.39. The van der Waals surface area contributed by atoms with Gasteiger partial charge in [0.05, 0.1) is 6.54 Å². The molecule has 0 saturated heterocycles. The van der Waals surface area contributed by atoms with E-state index in [0.717, 1.165) is 11.1 Å². The van der Waals surface area contributed by atoms with Crippen molar-refractivity contribution in [2.24, 2.45) is 0 Å². The van der Waals surface area contributed by atoms with Crippen LogP contribution in [-0.2, 0) is 13.1 Å². The van der Waals surface area contributed by atoms with Gasteiger partial charge in [-0.3, -0.25) is 4.79 Å². The number of allylic oxidation sites excluding steroid dienone is 2. The molecule has 3 rings (SSSR count). The summed E-state index contributed by atoms with van der Waals surface area (Å²) in [7, 11) is 0. The number of benzene rings is 2. The lowest BCUT2D eigenvalue weighted by molar-refractivity contribution is 0.0951. The summed E-state index contributed by atoms with van der Waals surface area (Å²) in [5, 5.41) is 15.3. The quantitative estimate of drug-likeness (QED) is 0.704. The van der Waals surface area contributed by atoms with E-state index in [1.165, 1.54) is 4.80 Å². The molecule has 1 amide bonds. The van der Waals surface area contributed by atoms with Crippen LogP contribution < -0.4 is 5.32 Å². The Morgan fingerprint density at radius 2 is 2.00 bits per heavy atom. The summed E-state index contributed by atoms with van der Waals surface area (Å²) in [5.74, 6) is 0.370. The minimum atomic E-state index is -0.132. The summed E-state index contributed by atoms with van der Waals surface area (Å²) < 4.78 is 0. The molecule has 0 aliphatic rings. The minimum absolute atomic E-state index is 0.132. The fourth-order valence-electron chi connectivity index (χ4n) is 2.32. The molecule has 1 heterocycles. The van der Waals surface area contributed by atoms with Gasteiger partial charge in [0, 0.05) is 17.7 Å². The molecule has 0 radical (unpaired) electrons. The molecule has 126 valence electrons. The Bertz CT molecular complexity index is 870. The molecule has 0 aliphatic carbocycles. The summed E-state index contributed by atoms with van der Waals surface area (Å²) >= 11 is 0. The number of hydrogen-bond donors (Lipinski definition) is 1. The zero-order valence-electron chi connectivity index (χ0n) is 14.0. The third-order valence-electron chi connectivity index (χ3n) is 3.64. The van der Waals surface area contributed by atoms with Crippen molar-refractivity contribution >= 4 is 5.91 Å². The van der Waals surface area contributed by atoms with Gasteiger partial charge in [0.2, 0.25) is 5.82 Å². The van der Waals surface area contributed by atoms with Crippen LogP contribution in [0.3, 0.4) is 0 Å². The zero-order chi connectivity index (χ0) is 17.5. The number of tetrazole rings is 1. The van der Waals surface area contributed by atoms with Crippen molar-refractivity contribution in [3.05, 3.63) is 77.9 Å². The second-order valence-electron chi connectivity index (χ2n) is 5.49. The van der Waals surface area contributed by atoms with Gasteiger partial charge in [-0.15, -0.1) is 10.2 Å². The summed E-state index contributed by atoms with van der Waals surface area (Å²) in [6.45, 7) is 3.00. The van der Waals surface area contributed by atoms with E-state index in [9.17, 15) is 4.79 Å². The Morgan fingerprint density at radius 1 is 1.16 bits per heavy atom. The second kappa shape index (κ2) is 8.01. The summed E-state index contributed by atoms with van der Waals surface area (Å²) in [6, 6.07) is 17.0. The number of hydrogen-bond acceptors (Lipinski definition) is 4. The van der Waals surface area contributed by atoms with Crippen molar-refractivity contribution < 1.29 is 4.79 Å². The van der Waals surface area contributed by atoms with E-state index in [0.29, 0.717) is 24.5 Å². The van der Waals surface area contributed by atoms with Gasteiger partial charge in [-0.25, -0.2) is 0 Å². The Morgan fingerprint density at radius 3 is 2.80 bits per heavy atom. The molecular weight excluding hydrogens is 314 g/mol. The predicted octanol–water partition coefficient (Wildman–Crippen LogP) is 2.85. The van der Waals surface area contributed by atoms with E-state index in [-0.39, 0.29) is 5.91 Å². The monoisotopic (exact) mass is 333 g/mol. The lowest BCUT2D eigenvalue weighted by atomic mass is 10.1. The highest BCUT2D eigenvalue weighted by molar-refractivity contribution is 5.95. The first-order valence-corrected chi connectivity index (χ1v) is 8.08. The van der Waals surface area contributed by atoms with Gasteiger partial charge < -0.3 is 5.32 Å². The third kappa shape index (κ3) is 4.38. The standard InChI is InChI=1S/C19H19N5O/c1-2-3-12-24-22-18(21-23-24)16-10-7-11-17(13-16)19(25)20-14-15-8-5-4-6-9-15/h2-11,13H,12,14H2,1H3,(H,20,25)/b3-2+. The van der Waals surface area contributed by atoms with Crippen LogP contribution in [0, 0.1) is 0 Å². The van der Waals surface area contributed by atoms with Crippen LogP contribution in [0.2, 0.25) is 0 Å².